The highest BCUT2D eigenvalue weighted by Crippen LogP contribution is 2.28. The molecule has 158 valence electrons. The van der Waals surface area contributed by atoms with Gasteiger partial charge in [0, 0.05) is 47.4 Å². The first-order chi connectivity index (χ1) is 15.1. The van der Waals surface area contributed by atoms with Crippen molar-refractivity contribution in [3.63, 3.8) is 0 Å². The number of carbonyl (C=O) groups is 2. The van der Waals surface area contributed by atoms with Crippen molar-refractivity contribution in [3.8, 4) is 27.9 Å². The molecule has 1 unspecified atom stereocenters. The second kappa shape index (κ2) is 11.0. The summed E-state index contributed by atoms with van der Waals surface area (Å²) in [7, 11) is 0. The number of amides is 2. The molecule has 0 aliphatic carbocycles. The van der Waals surface area contributed by atoms with Crippen LogP contribution in [0.5, 0.6) is 0 Å². The fraction of sp³-hybridized carbons (Fsp3) is 0.261. The number of hydrogen-bond acceptors (Lipinski definition) is 6. The van der Waals surface area contributed by atoms with Crippen LogP contribution in [0.15, 0.2) is 54.2 Å². The molecule has 0 spiro atoms. The number of carbonyl (C=O) groups excluding carboxylic acids is 2. The summed E-state index contributed by atoms with van der Waals surface area (Å²) in [6.07, 6.45) is 4.50. The predicted molar refractivity (Wildman–Crippen MR) is 120 cm³/mol. The number of aromatic nitrogens is 2. The van der Waals surface area contributed by atoms with Crippen LogP contribution in [-0.2, 0) is 4.79 Å². The first kappa shape index (κ1) is 22.1. The molecule has 2 amide bonds. The van der Waals surface area contributed by atoms with E-state index in [1.807, 2.05) is 42.6 Å². The lowest BCUT2D eigenvalue weighted by Gasteiger charge is -2.11. The van der Waals surface area contributed by atoms with Gasteiger partial charge in [0.1, 0.15) is 11.6 Å². The summed E-state index contributed by atoms with van der Waals surface area (Å²) in [4.78, 5) is 32.7. The fourth-order valence-electron chi connectivity index (χ4n) is 2.99. The van der Waals surface area contributed by atoms with E-state index in [-0.39, 0.29) is 24.3 Å². The van der Waals surface area contributed by atoms with Gasteiger partial charge in [0.15, 0.2) is 0 Å². The van der Waals surface area contributed by atoms with Gasteiger partial charge >= 0.3 is 0 Å². The molecule has 1 aromatic carbocycles. The van der Waals surface area contributed by atoms with Crippen molar-refractivity contribution < 1.29 is 9.59 Å². The summed E-state index contributed by atoms with van der Waals surface area (Å²) < 4.78 is 0. The molecule has 8 heteroatoms. The van der Waals surface area contributed by atoms with E-state index in [0.717, 1.165) is 21.8 Å². The molecule has 0 aliphatic rings. The smallest absolute Gasteiger partial charge is 0.251 e. The number of benzene rings is 1. The lowest BCUT2D eigenvalue weighted by Crippen LogP contribution is -2.28. The molecule has 0 saturated carbocycles. The Morgan fingerprint density at radius 2 is 1.84 bits per heavy atom. The molecular formula is C23H23N5O2S. The van der Waals surface area contributed by atoms with Crippen molar-refractivity contribution in [2.45, 2.75) is 19.8 Å². The molecule has 2 N–H and O–H groups in total. The van der Waals surface area contributed by atoms with E-state index in [2.05, 4.69) is 20.6 Å². The first-order valence-corrected chi connectivity index (χ1v) is 10.8. The Bertz CT molecular complexity index is 1060. The second-order valence-electron chi connectivity index (χ2n) is 7.14. The van der Waals surface area contributed by atoms with Crippen LogP contribution in [0.2, 0.25) is 0 Å². The Morgan fingerprint density at radius 3 is 2.55 bits per heavy atom. The molecule has 0 bridgehead atoms. The minimum absolute atomic E-state index is 0.0181. The zero-order chi connectivity index (χ0) is 22.1. The maximum absolute atomic E-state index is 12.4. The highest BCUT2D eigenvalue weighted by atomic mass is 32.1. The van der Waals surface area contributed by atoms with Crippen LogP contribution in [0.1, 0.15) is 30.1 Å². The Hall–Kier alpha value is -3.57. The van der Waals surface area contributed by atoms with Crippen molar-refractivity contribution >= 4 is 23.2 Å². The number of nitrogens with zero attached hydrogens (tertiary/aromatic N) is 3. The Kier molecular flexibility index (Phi) is 7.85. The van der Waals surface area contributed by atoms with Gasteiger partial charge in [-0.25, -0.2) is 4.98 Å². The van der Waals surface area contributed by atoms with Crippen LogP contribution in [0, 0.1) is 17.2 Å². The molecule has 2 aromatic heterocycles. The summed E-state index contributed by atoms with van der Waals surface area (Å²) in [6, 6.07) is 13.1. The molecule has 0 fully saturated rings. The van der Waals surface area contributed by atoms with E-state index in [1.54, 1.807) is 35.9 Å². The topological polar surface area (TPSA) is 108 Å². The maximum atomic E-state index is 12.4. The second-order valence-corrected chi connectivity index (χ2v) is 8.00. The van der Waals surface area contributed by atoms with Crippen LogP contribution in [0.3, 0.4) is 0 Å². The van der Waals surface area contributed by atoms with Crippen LogP contribution in [0.25, 0.3) is 21.8 Å². The number of hydrogen-bond donors (Lipinski definition) is 2. The summed E-state index contributed by atoms with van der Waals surface area (Å²) in [5.41, 5.74) is 3.42. The van der Waals surface area contributed by atoms with Gasteiger partial charge in [-0.05, 0) is 36.6 Å². The molecule has 0 saturated heterocycles. The van der Waals surface area contributed by atoms with Crippen LogP contribution < -0.4 is 10.6 Å². The average Bonchev–Trinajstić information content (AvgIpc) is 3.28. The van der Waals surface area contributed by atoms with Gasteiger partial charge in [0.25, 0.3) is 5.91 Å². The monoisotopic (exact) mass is 433 g/mol. The lowest BCUT2D eigenvalue weighted by molar-refractivity contribution is -0.121. The number of thiazole rings is 1. The first-order valence-electron chi connectivity index (χ1n) is 9.95. The SMILES string of the molecule is CC(CCNC(=O)c1ccc(-c2csc(-c3ccncc3)n2)cc1)CC(=O)NCC#N. The van der Waals surface area contributed by atoms with E-state index >= 15 is 0 Å². The van der Waals surface area contributed by atoms with Crippen LogP contribution in [0.4, 0.5) is 0 Å². The Labute approximate surface area is 185 Å². The number of nitrogens with one attached hydrogen (secondary N) is 2. The summed E-state index contributed by atoms with van der Waals surface area (Å²) in [5.74, 6) is -0.186. The van der Waals surface area contributed by atoms with Gasteiger partial charge in [0.05, 0.1) is 11.8 Å². The van der Waals surface area contributed by atoms with Crippen molar-refractivity contribution in [1.29, 1.82) is 5.26 Å². The van der Waals surface area contributed by atoms with Crippen molar-refractivity contribution in [1.82, 2.24) is 20.6 Å². The molecule has 3 rings (SSSR count). The minimum atomic E-state index is -0.150. The highest BCUT2D eigenvalue weighted by Gasteiger charge is 2.11. The zero-order valence-corrected chi connectivity index (χ0v) is 18.0. The van der Waals surface area contributed by atoms with Gasteiger partial charge in [-0.1, -0.05) is 19.1 Å². The van der Waals surface area contributed by atoms with Gasteiger partial charge in [-0.15, -0.1) is 11.3 Å². The molecule has 2 heterocycles. The molecule has 0 radical (unpaired) electrons. The number of pyridine rings is 1. The normalized spacial score (nSPS) is 11.4. The number of rotatable bonds is 9. The van der Waals surface area contributed by atoms with Crippen molar-refractivity contribution in [3.05, 3.63) is 59.7 Å². The van der Waals surface area contributed by atoms with Gasteiger partial charge in [-0.3, -0.25) is 14.6 Å². The summed E-state index contributed by atoms with van der Waals surface area (Å²) in [6.45, 7) is 2.44. The van der Waals surface area contributed by atoms with E-state index in [1.165, 1.54) is 0 Å². The van der Waals surface area contributed by atoms with Crippen LogP contribution in [-0.4, -0.2) is 34.9 Å². The average molecular weight is 434 g/mol. The van der Waals surface area contributed by atoms with E-state index in [0.29, 0.717) is 24.9 Å². The van der Waals surface area contributed by atoms with E-state index < -0.39 is 0 Å². The lowest BCUT2D eigenvalue weighted by atomic mass is 10.0. The standard InChI is InChI=1S/C23H23N5O2S/c1-16(14-21(29)26-13-9-24)6-12-27-22(30)18-4-2-17(3-5-18)20-15-31-23(28-20)19-7-10-25-11-8-19/h2-5,7-8,10-11,15-16H,6,12-14H2,1H3,(H,26,29)(H,27,30). The van der Waals surface area contributed by atoms with Gasteiger partial charge in [0.2, 0.25) is 5.91 Å². The van der Waals surface area contributed by atoms with Crippen molar-refractivity contribution in [2.75, 3.05) is 13.1 Å². The van der Waals surface area contributed by atoms with Crippen LogP contribution >= 0.6 is 11.3 Å². The fourth-order valence-corrected chi connectivity index (χ4v) is 3.82. The number of nitriles is 1. The van der Waals surface area contributed by atoms with E-state index in [9.17, 15) is 9.59 Å². The minimum Gasteiger partial charge on any atom is -0.352 e. The summed E-state index contributed by atoms with van der Waals surface area (Å²) >= 11 is 1.57. The quantitative estimate of drug-likeness (QED) is 0.501. The molecule has 3 aromatic rings. The molecule has 1 atom stereocenters. The third-order valence-corrected chi connectivity index (χ3v) is 5.59. The highest BCUT2D eigenvalue weighted by molar-refractivity contribution is 7.13. The predicted octanol–water partition coefficient (Wildman–Crippen LogP) is 3.66. The van der Waals surface area contributed by atoms with Crippen molar-refractivity contribution in [2.24, 2.45) is 5.92 Å². The maximum Gasteiger partial charge on any atom is 0.251 e. The third-order valence-electron chi connectivity index (χ3n) is 4.70. The molecule has 7 nitrogen and oxygen atoms in total. The van der Waals surface area contributed by atoms with Gasteiger partial charge in [-0.2, -0.15) is 5.26 Å². The molecule has 0 aliphatic heterocycles. The van der Waals surface area contributed by atoms with E-state index in [4.69, 9.17) is 5.26 Å². The molecule has 31 heavy (non-hydrogen) atoms. The van der Waals surface area contributed by atoms with Gasteiger partial charge < -0.3 is 10.6 Å². The Balaban J connectivity index is 1.50. The third kappa shape index (κ3) is 6.46. The summed E-state index contributed by atoms with van der Waals surface area (Å²) in [5, 5.41) is 16.8. The molecular weight excluding hydrogens is 410 g/mol. The zero-order valence-electron chi connectivity index (χ0n) is 17.2. The largest absolute Gasteiger partial charge is 0.352 e. The Morgan fingerprint density at radius 1 is 1.10 bits per heavy atom.